The normalized spacial score (nSPS) is 25.3. The Morgan fingerprint density at radius 3 is 2.80 bits per heavy atom. The molecule has 7 heteroatoms. The zero-order chi connectivity index (χ0) is 18.0. The van der Waals surface area contributed by atoms with Crippen molar-refractivity contribution in [2.24, 2.45) is 0 Å². The Balaban J connectivity index is 1.94. The van der Waals surface area contributed by atoms with Gasteiger partial charge in [0.2, 0.25) is 0 Å². The largest absolute Gasteiger partial charge is 0.377 e. The smallest absolute Gasteiger partial charge is 0.267 e. The number of piperidine rings is 1. The molecule has 0 radical (unpaired) electrons. The summed E-state index contributed by atoms with van der Waals surface area (Å²) in [6.07, 6.45) is 1.90. The average molecular weight is 355 g/mol. The summed E-state index contributed by atoms with van der Waals surface area (Å²) in [4.78, 5) is 18.8. The molecule has 2 aliphatic rings. The minimum Gasteiger partial charge on any atom is -0.377 e. The molecule has 0 saturated carbocycles. The summed E-state index contributed by atoms with van der Waals surface area (Å²) in [6.45, 7) is 5.99. The second-order valence-electron chi connectivity index (χ2n) is 7.02. The van der Waals surface area contributed by atoms with Crippen LogP contribution in [0.25, 0.3) is 0 Å². The van der Waals surface area contributed by atoms with Gasteiger partial charge < -0.3 is 19.5 Å². The number of hydrogen-bond acceptors (Lipinski definition) is 4. The number of nitrogens with zero attached hydrogens (tertiary/aromatic N) is 2. The van der Waals surface area contributed by atoms with Crippen molar-refractivity contribution in [1.29, 1.82) is 0 Å². The SMILES string of the molecule is CCC(F)(F)[C@H]1CCCCN1c1cc(N2CCOC[C@H]2C)cc(=O)[nH]1. The lowest BCUT2D eigenvalue weighted by atomic mass is 9.95. The number of anilines is 2. The van der Waals surface area contributed by atoms with E-state index in [2.05, 4.69) is 9.88 Å². The molecule has 2 saturated heterocycles. The van der Waals surface area contributed by atoms with Crippen LogP contribution in [0, 0.1) is 0 Å². The third-order valence-corrected chi connectivity index (χ3v) is 5.29. The molecule has 0 unspecified atom stereocenters. The molecule has 0 aliphatic carbocycles. The van der Waals surface area contributed by atoms with Crippen LogP contribution in [0.15, 0.2) is 16.9 Å². The van der Waals surface area contributed by atoms with Crippen LogP contribution in [0.5, 0.6) is 0 Å². The van der Waals surface area contributed by atoms with E-state index in [0.29, 0.717) is 38.5 Å². The minimum atomic E-state index is -2.76. The third kappa shape index (κ3) is 3.81. The van der Waals surface area contributed by atoms with Gasteiger partial charge in [0.1, 0.15) is 5.82 Å². The third-order valence-electron chi connectivity index (χ3n) is 5.29. The number of alkyl halides is 2. The van der Waals surface area contributed by atoms with Crippen molar-refractivity contribution < 1.29 is 13.5 Å². The van der Waals surface area contributed by atoms with E-state index in [4.69, 9.17) is 4.74 Å². The lowest BCUT2D eigenvalue weighted by Crippen LogP contribution is -2.51. The van der Waals surface area contributed by atoms with Gasteiger partial charge in [0.15, 0.2) is 0 Å². The number of aromatic amines is 1. The number of hydrogen-bond donors (Lipinski definition) is 1. The predicted octanol–water partition coefficient (Wildman–Crippen LogP) is 3.00. The fraction of sp³-hybridized carbons (Fsp3) is 0.722. The molecule has 1 N–H and O–H groups in total. The standard InChI is InChI=1S/C18H27F2N3O2/c1-3-18(19,20)15-6-4-5-7-23(15)16-10-14(11-17(24)21-16)22-8-9-25-12-13(22)2/h10-11,13,15H,3-9,12H2,1-2H3,(H,21,24)/t13-,15-/m1/s1. The van der Waals surface area contributed by atoms with Gasteiger partial charge in [-0.1, -0.05) is 6.92 Å². The molecule has 2 fully saturated rings. The maximum atomic E-state index is 14.4. The summed E-state index contributed by atoms with van der Waals surface area (Å²) >= 11 is 0. The van der Waals surface area contributed by atoms with Gasteiger partial charge in [-0.15, -0.1) is 0 Å². The van der Waals surface area contributed by atoms with Gasteiger partial charge in [-0.3, -0.25) is 4.79 Å². The second-order valence-corrected chi connectivity index (χ2v) is 7.02. The molecule has 2 aliphatic heterocycles. The summed E-state index contributed by atoms with van der Waals surface area (Å²) in [6, 6.07) is 2.67. The van der Waals surface area contributed by atoms with E-state index < -0.39 is 12.0 Å². The van der Waals surface area contributed by atoms with Gasteiger partial charge in [-0.05, 0) is 26.2 Å². The van der Waals surface area contributed by atoms with E-state index in [1.165, 1.54) is 6.92 Å². The number of aromatic nitrogens is 1. The lowest BCUT2D eigenvalue weighted by molar-refractivity contribution is -0.0376. The summed E-state index contributed by atoms with van der Waals surface area (Å²) in [5.74, 6) is -2.27. The first-order valence-corrected chi connectivity index (χ1v) is 9.15. The van der Waals surface area contributed by atoms with E-state index >= 15 is 0 Å². The first-order valence-electron chi connectivity index (χ1n) is 9.15. The highest BCUT2D eigenvalue weighted by molar-refractivity contribution is 5.56. The quantitative estimate of drug-likeness (QED) is 0.902. The Morgan fingerprint density at radius 2 is 2.08 bits per heavy atom. The first kappa shape index (κ1) is 18.2. The lowest BCUT2D eigenvalue weighted by Gasteiger charge is -2.41. The molecule has 3 rings (SSSR count). The van der Waals surface area contributed by atoms with E-state index in [1.54, 1.807) is 11.0 Å². The molecule has 3 heterocycles. The second kappa shape index (κ2) is 7.32. The number of ether oxygens (including phenoxy) is 1. The van der Waals surface area contributed by atoms with Crippen molar-refractivity contribution in [3.8, 4) is 0 Å². The topological polar surface area (TPSA) is 48.6 Å². The predicted molar refractivity (Wildman–Crippen MR) is 94.9 cm³/mol. The zero-order valence-electron chi connectivity index (χ0n) is 14.9. The fourth-order valence-electron chi connectivity index (χ4n) is 3.84. The fourth-order valence-corrected chi connectivity index (χ4v) is 3.84. The van der Waals surface area contributed by atoms with Crippen LogP contribution in [-0.2, 0) is 4.74 Å². The number of H-pyrrole nitrogens is 1. The molecular formula is C18H27F2N3O2. The summed E-state index contributed by atoms with van der Waals surface area (Å²) in [5.41, 5.74) is 0.522. The van der Waals surface area contributed by atoms with E-state index in [1.807, 2.05) is 13.0 Å². The van der Waals surface area contributed by atoms with Crippen LogP contribution in [0.3, 0.4) is 0 Å². The molecular weight excluding hydrogens is 328 g/mol. The van der Waals surface area contributed by atoms with Crippen LogP contribution in [0.1, 0.15) is 39.5 Å². The van der Waals surface area contributed by atoms with Crippen LogP contribution in [0.2, 0.25) is 0 Å². The van der Waals surface area contributed by atoms with Gasteiger partial charge in [-0.25, -0.2) is 8.78 Å². The van der Waals surface area contributed by atoms with Crippen LogP contribution in [0.4, 0.5) is 20.3 Å². The number of halogens is 2. The summed E-state index contributed by atoms with van der Waals surface area (Å²) in [7, 11) is 0. The molecule has 0 amide bonds. The summed E-state index contributed by atoms with van der Waals surface area (Å²) < 4.78 is 34.3. The molecule has 0 aromatic carbocycles. The Hall–Kier alpha value is -1.63. The van der Waals surface area contributed by atoms with Gasteiger partial charge in [-0.2, -0.15) is 0 Å². The van der Waals surface area contributed by atoms with E-state index in [9.17, 15) is 13.6 Å². The molecule has 2 atom stereocenters. The van der Waals surface area contributed by atoms with E-state index in [-0.39, 0.29) is 18.0 Å². The maximum Gasteiger partial charge on any atom is 0.267 e. The van der Waals surface area contributed by atoms with Gasteiger partial charge in [0.25, 0.3) is 11.5 Å². The zero-order valence-corrected chi connectivity index (χ0v) is 14.9. The highest BCUT2D eigenvalue weighted by Gasteiger charge is 2.43. The van der Waals surface area contributed by atoms with Crippen molar-refractivity contribution >= 4 is 11.5 Å². The van der Waals surface area contributed by atoms with Crippen molar-refractivity contribution in [3.05, 3.63) is 22.5 Å². The Kier molecular flexibility index (Phi) is 5.32. The number of morpholine rings is 1. The van der Waals surface area contributed by atoms with Crippen LogP contribution < -0.4 is 15.4 Å². The van der Waals surface area contributed by atoms with Crippen molar-refractivity contribution in [3.63, 3.8) is 0 Å². The highest BCUT2D eigenvalue weighted by atomic mass is 19.3. The van der Waals surface area contributed by atoms with Crippen molar-refractivity contribution in [2.45, 2.75) is 57.5 Å². The molecule has 25 heavy (non-hydrogen) atoms. The molecule has 0 bridgehead atoms. The molecule has 0 spiro atoms. The average Bonchev–Trinajstić information content (AvgIpc) is 2.61. The number of pyridine rings is 1. The molecule has 1 aromatic heterocycles. The van der Waals surface area contributed by atoms with Crippen molar-refractivity contribution in [1.82, 2.24) is 4.98 Å². The Bertz CT molecular complexity index is 649. The first-order chi connectivity index (χ1) is 11.9. The molecule has 5 nitrogen and oxygen atoms in total. The highest BCUT2D eigenvalue weighted by Crippen LogP contribution is 2.36. The molecule has 140 valence electrons. The Morgan fingerprint density at radius 1 is 1.28 bits per heavy atom. The summed E-state index contributed by atoms with van der Waals surface area (Å²) in [5, 5.41) is 0. The van der Waals surface area contributed by atoms with Crippen molar-refractivity contribution in [2.75, 3.05) is 36.1 Å². The number of nitrogens with one attached hydrogen (secondary N) is 1. The van der Waals surface area contributed by atoms with Gasteiger partial charge >= 0.3 is 0 Å². The van der Waals surface area contributed by atoms with Gasteiger partial charge in [0, 0.05) is 43.4 Å². The molecule has 1 aromatic rings. The number of rotatable bonds is 4. The minimum absolute atomic E-state index is 0.151. The monoisotopic (exact) mass is 355 g/mol. The Labute approximate surface area is 147 Å². The van der Waals surface area contributed by atoms with Crippen LogP contribution >= 0.6 is 0 Å². The van der Waals surface area contributed by atoms with Gasteiger partial charge in [0.05, 0.1) is 19.3 Å². The van der Waals surface area contributed by atoms with E-state index in [0.717, 1.165) is 18.5 Å². The maximum absolute atomic E-state index is 14.4. The van der Waals surface area contributed by atoms with Crippen LogP contribution in [-0.4, -0.2) is 49.3 Å².